The molecule has 3 aromatic rings. The Morgan fingerprint density at radius 3 is 2.52 bits per heavy atom. The van der Waals surface area contributed by atoms with Gasteiger partial charge in [0.15, 0.2) is 0 Å². The van der Waals surface area contributed by atoms with E-state index in [1.165, 1.54) is 34.8 Å². The topological polar surface area (TPSA) is 0 Å². The van der Waals surface area contributed by atoms with Crippen molar-refractivity contribution in [3.8, 4) is 11.1 Å². The van der Waals surface area contributed by atoms with E-state index in [1.54, 1.807) is 0 Å². The summed E-state index contributed by atoms with van der Waals surface area (Å²) in [4.78, 5) is 0. The van der Waals surface area contributed by atoms with Crippen molar-refractivity contribution in [3.05, 3.63) is 65.4 Å². The first-order chi connectivity index (χ1) is 11.2. The van der Waals surface area contributed by atoms with Crippen LogP contribution in [0.25, 0.3) is 21.9 Å². The number of halogens is 2. The van der Waals surface area contributed by atoms with Crippen LogP contribution in [0.2, 0.25) is 10.3 Å². The van der Waals surface area contributed by atoms with Crippen LogP contribution in [0.1, 0.15) is 19.8 Å². The molecule has 0 spiro atoms. The Balaban J connectivity index is 2.16. The molecule has 0 unspecified atom stereocenters. The molecule has 0 fully saturated rings. The second kappa shape index (κ2) is 7.49. The average molecular weight is 392 g/mol. The molecule has 23 heavy (non-hydrogen) atoms. The molecule has 0 saturated carbocycles. The molecule has 0 amide bonds. The van der Waals surface area contributed by atoms with E-state index in [0.29, 0.717) is 15.0 Å². The van der Waals surface area contributed by atoms with E-state index in [1.807, 2.05) is 24.3 Å². The summed E-state index contributed by atoms with van der Waals surface area (Å²) >= 11 is 7.07. The minimum atomic E-state index is -0.210. The molecule has 0 N–H and O–H groups in total. The van der Waals surface area contributed by atoms with E-state index in [-0.39, 0.29) is 5.82 Å². The monoisotopic (exact) mass is 392 g/mol. The van der Waals surface area contributed by atoms with Gasteiger partial charge in [0.1, 0.15) is 0 Å². The zero-order valence-corrected chi connectivity index (χ0v) is 15.5. The Hall–Kier alpha value is -1.34. The van der Waals surface area contributed by atoms with Crippen LogP contribution >= 0.6 is 11.6 Å². The molecule has 0 aromatic heterocycles. The van der Waals surface area contributed by atoms with Gasteiger partial charge >= 0.3 is 148 Å². The summed E-state index contributed by atoms with van der Waals surface area (Å²) in [6, 6.07) is 17.1. The Bertz CT molecular complexity index is 812. The van der Waals surface area contributed by atoms with E-state index >= 15 is 0 Å². The van der Waals surface area contributed by atoms with Gasteiger partial charge in [-0.2, -0.15) is 0 Å². The Morgan fingerprint density at radius 2 is 1.78 bits per heavy atom. The van der Waals surface area contributed by atoms with Gasteiger partial charge in [0.05, 0.1) is 0 Å². The van der Waals surface area contributed by atoms with Crippen molar-refractivity contribution in [1.82, 2.24) is 0 Å². The van der Waals surface area contributed by atoms with E-state index in [4.69, 9.17) is 11.6 Å². The summed E-state index contributed by atoms with van der Waals surface area (Å²) in [7, 11) is 0. The van der Waals surface area contributed by atoms with Crippen molar-refractivity contribution in [2.24, 2.45) is 0 Å². The van der Waals surface area contributed by atoms with Gasteiger partial charge in [-0.15, -0.1) is 0 Å². The third-order valence-corrected chi connectivity index (χ3v) is 7.02. The number of rotatable bonds is 5. The SMILES string of the molecule is CCCC[Se]c1c(-c2ccc(F)cc2)cc2ccccc2c1Cl. The number of hydrogen-bond donors (Lipinski definition) is 0. The molecule has 0 aliphatic carbocycles. The molecule has 0 heterocycles. The van der Waals surface area contributed by atoms with Crippen molar-refractivity contribution in [2.45, 2.75) is 25.1 Å². The maximum absolute atomic E-state index is 13.3. The first-order valence-electron chi connectivity index (χ1n) is 7.80. The molecule has 118 valence electrons. The molecule has 0 nitrogen and oxygen atoms in total. The Labute approximate surface area is 147 Å². The van der Waals surface area contributed by atoms with Crippen LogP contribution in [0.4, 0.5) is 4.39 Å². The molecule has 3 rings (SSSR count). The maximum atomic E-state index is 13.3. The van der Waals surface area contributed by atoms with Crippen molar-refractivity contribution in [2.75, 3.05) is 0 Å². The zero-order chi connectivity index (χ0) is 16.2. The third kappa shape index (κ3) is 3.61. The number of hydrogen-bond acceptors (Lipinski definition) is 0. The van der Waals surface area contributed by atoms with Gasteiger partial charge in [0, 0.05) is 0 Å². The molecule has 0 aliphatic rings. The molecular weight excluding hydrogens is 374 g/mol. The van der Waals surface area contributed by atoms with Crippen LogP contribution in [0, 0.1) is 5.82 Å². The predicted octanol–water partition coefficient (Wildman–Crippen LogP) is 5.85. The Kier molecular flexibility index (Phi) is 5.38. The zero-order valence-electron chi connectivity index (χ0n) is 13.0. The molecule has 0 bridgehead atoms. The summed E-state index contributed by atoms with van der Waals surface area (Å²) in [5.41, 5.74) is 2.18. The average Bonchev–Trinajstić information content (AvgIpc) is 2.58. The molecule has 0 saturated heterocycles. The van der Waals surface area contributed by atoms with Crippen molar-refractivity contribution < 1.29 is 4.39 Å². The molecule has 0 atom stereocenters. The molecule has 3 aromatic carbocycles. The third-order valence-electron chi connectivity index (χ3n) is 3.84. The fraction of sp³-hybridized carbons (Fsp3) is 0.200. The van der Waals surface area contributed by atoms with Gasteiger partial charge in [-0.25, -0.2) is 0 Å². The van der Waals surface area contributed by atoms with Gasteiger partial charge in [0.25, 0.3) is 0 Å². The van der Waals surface area contributed by atoms with E-state index in [9.17, 15) is 4.39 Å². The Morgan fingerprint density at radius 1 is 1.04 bits per heavy atom. The number of benzene rings is 3. The number of unbranched alkanes of at least 4 members (excludes halogenated alkanes) is 1. The molecule has 3 heteroatoms. The second-order valence-corrected chi connectivity index (χ2v) is 8.19. The van der Waals surface area contributed by atoms with E-state index in [0.717, 1.165) is 26.9 Å². The summed E-state index contributed by atoms with van der Waals surface area (Å²) in [5, 5.41) is 4.27. The van der Waals surface area contributed by atoms with Crippen LogP contribution in [-0.2, 0) is 0 Å². The quantitative estimate of drug-likeness (QED) is 0.378. The fourth-order valence-corrected chi connectivity index (χ4v) is 5.68. The molecule has 0 aliphatic heterocycles. The van der Waals surface area contributed by atoms with Crippen LogP contribution in [-0.4, -0.2) is 15.0 Å². The number of fused-ring (bicyclic) bond motifs is 1. The fourth-order valence-electron chi connectivity index (χ4n) is 2.59. The van der Waals surface area contributed by atoms with Crippen LogP contribution < -0.4 is 4.46 Å². The van der Waals surface area contributed by atoms with Crippen LogP contribution in [0.15, 0.2) is 54.6 Å². The van der Waals surface area contributed by atoms with Crippen LogP contribution in [0.3, 0.4) is 0 Å². The van der Waals surface area contributed by atoms with Crippen molar-refractivity contribution in [3.63, 3.8) is 0 Å². The van der Waals surface area contributed by atoms with Crippen molar-refractivity contribution >= 4 is 41.8 Å². The van der Waals surface area contributed by atoms with Gasteiger partial charge in [0.2, 0.25) is 0 Å². The van der Waals surface area contributed by atoms with Crippen LogP contribution in [0.5, 0.6) is 0 Å². The summed E-state index contributed by atoms with van der Waals surface area (Å²) in [5.74, 6) is -0.210. The van der Waals surface area contributed by atoms with Gasteiger partial charge < -0.3 is 0 Å². The van der Waals surface area contributed by atoms with Crippen molar-refractivity contribution in [1.29, 1.82) is 0 Å². The standard InChI is InChI=1S/C20H18ClFSe/c1-2-3-12-23-20-18(14-8-10-16(22)11-9-14)13-15-6-4-5-7-17(15)19(20)21/h4-11,13H,2-3,12H2,1H3. The summed E-state index contributed by atoms with van der Waals surface area (Å²) in [6.45, 7) is 2.21. The normalized spacial score (nSPS) is 11.1. The van der Waals surface area contributed by atoms with Gasteiger partial charge in [-0.05, 0) is 0 Å². The van der Waals surface area contributed by atoms with Gasteiger partial charge in [-0.1, -0.05) is 0 Å². The first-order valence-corrected chi connectivity index (χ1v) is 10.2. The van der Waals surface area contributed by atoms with E-state index in [2.05, 4.69) is 25.1 Å². The minimum absolute atomic E-state index is 0.210. The van der Waals surface area contributed by atoms with Gasteiger partial charge in [-0.3, -0.25) is 0 Å². The predicted molar refractivity (Wildman–Crippen MR) is 99.5 cm³/mol. The first kappa shape index (κ1) is 16.5. The second-order valence-electron chi connectivity index (χ2n) is 5.50. The molecular formula is C20H18ClFSe. The van der Waals surface area contributed by atoms with E-state index < -0.39 is 0 Å². The summed E-state index contributed by atoms with van der Waals surface area (Å²) in [6.07, 6.45) is 2.41. The molecule has 0 radical (unpaired) electrons. The summed E-state index contributed by atoms with van der Waals surface area (Å²) < 4.78 is 14.5.